The van der Waals surface area contributed by atoms with Gasteiger partial charge >= 0.3 is 0 Å². The molecule has 2 aromatic carbocycles. The van der Waals surface area contributed by atoms with Crippen molar-refractivity contribution in [3.05, 3.63) is 72.3 Å². The summed E-state index contributed by atoms with van der Waals surface area (Å²) in [7, 11) is 1.58. The first-order valence-electron chi connectivity index (χ1n) is 17.4. The summed E-state index contributed by atoms with van der Waals surface area (Å²) in [5.74, 6) is -1.48. The van der Waals surface area contributed by atoms with Crippen molar-refractivity contribution in [2.45, 2.75) is 68.9 Å². The Morgan fingerprint density at radius 2 is 1.70 bits per heavy atom. The van der Waals surface area contributed by atoms with Gasteiger partial charge in [-0.05, 0) is 43.5 Å². The smallest absolute Gasteiger partial charge is 0.246 e. The largest absolute Gasteiger partial charge is 0.497 e. The predicted molar refractivity (Wildman–Crippen MR) is 179 cm³/mol. The molecule has 0 radical (unpaired) electrons. The fourth-order valence-electron chi connectivity index (χ4n) is 8.44. The molecule has 3 amide bonds. The number of likely N-dealkylation sites (tertiary alicyclic amines) is 1. The highest BCUT2D eigenvalue weighted by molar-refractivity contribution is 6.02. The zero-order valence-corrected chi connectivity index (χ0v) is 27.3. The van der Waals surface area contributed by atoms with Crippen LogP contribution in [0.3, 0.4) is 0 Å². The van der Waals surface area contributed by atoms with E-state index in [0.717, 1.165) is 71.4 Å². The van der Waals surface area contributed by atoms with Crippen LogP contribution < -0.4 is 15.4 Å². The van der Waals surface area contributed by atoms with Crippen molar-refractivity contribution < 1.29 is 23.9 Å². The van der Waals surface area contributed by atoms with Crippen molar-refractivity contribution in [2.24, 2.45) is 11.8 Å². The summed E-state index contributed by atoms with van der Waals surface area (Å²) < 4.78 is 11.9. The predicted octanol–water partition coefficient (Wildman–Crippen LogP) is 3.44. The number of benzene rings is 2. The number of hydrogen-bond acceptors (Lipinski definition) is 7. The number of rotatable bonds is 11. The van der Waals surface area contributed by atoms with Crippen LogP contribution in [0, 0.1) is 11.8 Å². The Bertz CT molecular complexity index is 1470. The summed E-state index contributed by atoms with van der Waals surface area (Å²) in [6.07, 6.45) is 9.22. The van der Waals surface area contributed by atoms with E-state index in [2.05, 4.69) is 44.7 Å². The monoisotopic (exact) mass is 641 g/mol. The van der Waals surface area contributed by atoms with Gasteiger partial charge in [-0.2, -0.15) is 0 Å². The molecule has 3 saturated heterocycles. The summed E-state index contributed by atoms with van der Waals surface area (Å²) in [6, 6.07) is 17.0. The number of piperazine rings is 1. The number of carbonyl (C=O) groups excluding carboxylic acids is 3. The minimum atomic E-state index is -1.15. The van der Waals surface area contributed by atoms with Crippen molar-refractivity contribution in [2.75, 3.05) is 51.7 Å². The third-order valence-corrected chi connectivity index (χ3v) is 10.8. The lowest BCUT2D eigenvalue weighted by Gasteiger charge is -2.36. The topological polar surface area (TPSA) is 103 Å². The maximum Gasteiger partial charge on any atom is 0.246 e. The maximum atomic E-state index is 14.4. The third-order valence-electron chi connectivity index (χ3n) is 10.8. The fraction of sp³-hybridized carbons (Fsp3) is 0.541. The number of nitrogens with one attached hydrogen (secondary N) is 2. The second kappa shape index (κ2) is 13.8. The van der Waals surface area contributed by atoms with Gasteiger partial charge in [0.1, 0.15) is 17.4 Å². The number of fused-ring (bicyclic) bond motifs is 1. The van der Waals surface area contributed by atoms with E-state index in [1.807, 2.05) is 30.4 Å². The molecule has 250 valence electrons. The van der Waals surface area contributed by atoms with Gasteiger partial charge in [0.25, 0.3) is 0 Å². The van der Waals surface area contributed by atoms with Crippen molar-refractivity contribution in [3.8, 4) is 5.75 Å². The maximum absolute atomic E-state index is 14.4. The highest BCUT2D eigenvalue weighted by atomic mass is 16.5. The van der Waals surface area contributed by atoms with Crippen LogP contribution in [0.5, 0.6) is 5.75 Å². The number of methoxy groups -OCH3 is 1. The lowest BCUT2D eigenvalue weighted by molar-refractivity contribution is -0.141. The van der Waals surface area contributed by atoms with E-state index in [1.165, 1.54) is 12.0 Å². The summed E-state index contributed by atoms with van der Waals surface area (Å²) >= 11 is 0. The Hall–Kier alpha value is -3.73. The molecule has 10 heteroatoms. The van der Waals surface area contributed by atoms with Crippen molar-refractivity contribution in [1.82, 2.24) is 20.0 Å². The minimum Gasteiger partial charge on any atom is -0.497 e. The van der Waals surface area contributed by atoms with Crippen LogP contribution in [-0.4, -0.2) is 103 Å². The second-order valence-corrected chi connectivity index (χ2v) is 13.8. The molecule has 5 unspecified atom stereocenters. The SMILES string of the molecule is COc1cccc(NC(=O)C2C3C=CC4(O3)C2C(=O)N(CCCN2CCN(Cc3ccccc3)CC2)C4C(=O)NC2CCCCC2)c1. The van der Waals surface area contributed by atoms with Gasteiger partial charge in [-0.3, -0.25) is 19.3 Å². The van der Waals surface area contributed by atoms with Gasteiger partial charge < -0.3 is 29.9 Å². The first-order chi connectivity index (χ1) is 22.9. The molecule has 2 bridgehead atoms. The third kappa shape index (κ3) is 6.43. The average Bonchev–Trinajstić information content (AvgIpc) is 3.74. The molecule has 2 N–H and O–H groups in total. The quantitative estimate of drug-likeness (QED) is 0.363. The standard InChI is InChI=1S/C37H47N5O5/c1-46-29-15-8-14-28(24-29)39-34(43)31-30-16-17-37(47-30)32(31)36(45)42(33(37)35(44)38-27-12-6-3-7-13-27)19-9-18-40-20-22-41(23-21-40)25-26-10-4-2-5-11-26/h2,4-5,8,10-11,14-17,24,27,30-33H,3,6-7,9,12-13,18-23,25H2,1H3,(H,38,44)(H,39,43). The molecule has 1 saturated carbocycles. The lowest BCUT2D eigenvalue weighted by Crippen LogP contribution is -2.56. The molecule has 4 heterocycles. The van der Waals surface area contributed by atoms with Crippen LogP contribution in [0.4, 0.5) is 5.69 Å². The van der Waals surface area contributed by atoms with Crippen LogP contribution in [0.2, 0.25) is 0 Å². The molecule has 0 aromatic heterocycles. The summed E-state index contributed by atoms with van der Waals surface area (Å²) in [4.78, 5) is 49.0. The van der Waals surface area contributed by atoms with E-state index in [-0.39, 0.29) is 23.8 Å². The van der Waals surface area contributed by atoms with Gasteiger partial charge in [0.15, 0.2) is 0 Å². The van der Waals surface area contributed by atoms with Crippen LogP contribution in [0.1, 0.15) is 44.1 Å². The molecular formula is C37H47N5O5. The number of hydrogen-bond donors (Lipinski definition) is 2. The van der Waals surface area contributed by atoms with Crippen molar-refractivity contribution in [3.63, 3.8) is 0 Å². The lowest BCUT2D eigenvalue weighted by atomic mass is 9.74. The molecule has 47 heavy (non-hydrogen) atoms. The average molecular weight is 642 g/mol. The zero-order chi connectivity index (χ0) is 32.4. The Morgan fingerprint density at radius 1 is 0.936 bits per heavy atom. The van der Waals surface area contributed by atoms with E-state index in [1.54, 1.807) is 24.1 Å². The van der Waals surface area contributed by atoms with E-state index in [4.69, 9.17) is 9.47 Å². The fourth-order valence-corrected chi connectivity index (χ4v) is 8.44. The minimum absolute atomic E-state index is 0.102. The molecule has 5 aliphatic rings. The number of anilines is 1. The van der Waals surface area contributed by atoms with Crippen LogP contribution in [0.25, 0.3) is 0 Å². The Balaban J connectivity index is 1.04. The van der Waals surface area contributed by atoms with Crippen LogP contribution in [-0.2, 0) is 25.7 Å². The summed E-state index contributed by atoms with van der Waals surface area (Å²) in [5, 5.41) is 6.27. The van der Waals surface area contributed by atoms with Crippen LogP contribution >= 0.6 is 0 Å². The number of carbonyl (C=O) groups is 3. The van der Waals surface area contributed by atoms with E-state index in [0.29, 0.717) is 18.0 Å². The normalized spacial score (nSPS) is 29.2. The zero-order valence-electron chi connectivity index (χ0n) is 27.3. The number of amides is 3. The Morgan fingerprint density at radius 3 is 2.47 bits per heavy atom. The molecule has 10 nitrogen and oxygen atoms in total. The van der Waals surface area contributed by atoms with E-state index >= 15 is 0 Å². The second-order valence-electron chi connectivity index (χ2n) is 13.8. The van der Waals surface area contributed by atoms with Gasteiger partial charge in [0, 0.05) is 57.1 Å². The highest BCUT2D eigenvalue weighted by Crippen LogP contribution is 2.55. The van der Waals surface area contributed by atoms with E-state index < -0.39 is 29.6 Å². The van der Waals surface area contributed by atoms with E-state index in [9.17, 15) is 14.4 Å². The molecule has 1 aliphatic carbocycles. The van der Waals surface area contributed by atoms with Gasteiger partial charge in [-0.15, -0.1) is 0 Å². The van der Waals surface area contributed by atoms with Crippen molar-refractivity contribution >= 4 is 23.4 Å². The first-order valence-corrected chi connectivity index (χ1v) is 17.4. The van der Waals surface area contributed by atoms with Gasteiger partial charge in [-0.25, -0.2) is 0 Å². The molecule has 7 rings (SSSR count). The number of nitrogens with zero attached hydrogens (tertiary/aromatic N) is 3. The molecule has 5 atom stereocenters. The Kier molecular flexibility index (Phi) is 9.34. The molecule has 4 fully saturated rings. The van der Waals surface area contributed by atoms with Gasteiger partial charge in [0.05, 0.1) is 25.0 Å². The first kappa shape index (κ1) is 31.8. The number of ether oxygens (including phenoxy) is 2. The summed E-state index contributed by atoms with van der Waals surface area (Å²) in [5.41, 5.74) is 0.768. The van der Waals surface area contributed by atoms with Gasteiger partial charge in [0.2, 0.25) is 17.7 Å². The molecule has 4 aliphatic heterocycles. The summed E-state index contributed by atoms with van der Waals surface area (Å²) in [6.45, 7) is 6.18. The highest BCUT2D eigenvalue weighted by Gasteiger charge is 2.72. The van der Waals surface area contributed by atoms with Crippen LogP contribution in [0.15, 0.2) is 66.7 Å². The Labute approximate surface area is 277 Å². The van der Waals surface area contributed by atoms with Gasteiger partial charge in [-0.1, -0.05) is 67.8 Å². The molecular weight excluding hydrogens is 594 g/mol. The molecule has 1 spiro atoms. The van der Waals surface area contributed by atoms with Crippen molar-refractivity contribution in [1.29, 1.82) is 0 Å². The molecule has 2 aromatic rings.